The molecule has 0 fully saturated rings. The summed E-state index contributed by atoms with van der Waals surface area (Å²) in [5.41, 5.74) is 3.02. The lowest BCUT2D eigenvalue weighted by Crippen LogP contribution is -2.04. The smallest absolute Gasteiger partial charge is 0.124 e. The number of halogens is 3. The highest BCUT2D eigenvalue weighted by atomic mass is 79.9. The normalized spacial score (nSPS) is 10.5. The molecule has 0 heterocycles. The summed E-state index contributed by atoms with van der Waals surface area (Å²) in [4.78, 5) is 0. The predicted molar refractivity (Wildman–Crippen MR) is 109 cm³/mol. The van der Waals surface area contributed by atoms with Crippen LogP contribution in [-0.2, 0) is 13.2 Å². The van der Waals surface area contributed by atoms with E-state index in [0.29, 0.717) is 23.2 Å². The average molecular weight is 437 g/mol. The van der Waals surface area contributed by atoms with Gasteiger partial charge in [-0.2, -0.15) is 0 Å². The molecular formula is C20H16BrCl2NO. The molecule has 0 spiro atoms. The third-order valence-electron chi connectivity index (χ3n) is 3.68. The minimum atomic E-state index is 0.520. The van der Waals surface area contributed by atoms with Crippen LogP contribution in [-0.4, -0.2) is 0 Å². The summed E-state index contributed by atoms with van der Waals surface area (Å²) in [6, 6.07) is 21.5. The highest BCUT2D eigenvalue weighted by molar-refractivity contribution is 9.10. The summed E-state index contributed by atoms with van der Waals surface area (Å²) in [6.45, 7) is 1.13. The number of benzene rings is 3. The molecule has 25 heavy (non-hydrogen) atoms. The van der Waals surface area contributed by atoms with Gasteiger partial charge in [-0.25, -0.2) is 0 Å². The third kappa shape index (κ3) is 5.15. The van der Waals surface area contributed by atoms with Crippen LogP contribution in [0, 0.1) is 0 Å². The maximum atomic E-state index is 6.21. The molecule has 1 N–H and O–H groups in total. The largest absolute Gasteiger partial charge is 0.489 e. The molecule has 3 rings (SSSR count). The first-order valence-corrected chi connectivity index (χ1v) is 9.31. The number of hydrogen-bond donors (Lipinski definition) is 1. The van der Waals surface area contributed by atoms with Crippen LogP contribution in [0.25, 0.3) is 0 Å². The van der Waals surface area contributed by atoms with Crippen LogP contribution in [0.15, 0.2) is 71.2 Å². The fourth-order valence-corrected chi connectivity index (χ4v) is 3.10. The van der Waals surface area contributed by atoms with Gasteiger partial charge in [0.15, 0.2) is 0 Å². The molecule has 5 heteroatoms. The van der Waals surface area contributed by atoms with E-state index in [1.165, 1.54) is 0 Å². The SMILES string of the molecule is Clc1ccc(NCc2ccccc2OCc2ccc(Br)cc2)c(Cl)c1. The standard InChI is InChI=1S/C20H16BrCl2NO/c21-16-7-5-14(6-8-16)13-25-20-4-2-1-3-15(20)12-24-19-10-9-17(22)11-18(19)23/h1-11,24H,12-13H2. The molecule has 128 valence electrons. The van der Waals surface area contributed by atoms with Gasteiger partial charge in [-0.3, -0.25) is 0 Å². The van der Waals surface area contributed by atoms with Gasteiger partial charge in [0.25, 0.3) is 0 Å². The highest BCUT2D eigenvalue weighted by Gasteiger charge is 2.06. The van der Waals surface area contributed by atoms with E-state index in [1.54, 1.807) is 6.07 Å². The lowest BCUT2D eigenvalue weighted by Gasteiger charge is -2.14. The van der Waals surface area contributed by atoms with Crippen LogP contribution in [0.5, 0.6) is 5.75 Å². The van der Waals surface area contributed by atoms with Gasteiger partial charge in [0.1, 0.15) is 12.4 Å². The molecule has 0 saturated heterocycles. The number of anilines is 1. The van der Waals surface area contributed by atoms with E-state index in [0.717, 1.165) is 27.0 Å². The summed E-state index contributed by atoms with van der Waals surface area (Å²) in [5, 5.41) is 4.54. The highest BCUT2D eigenvalue weighted by Crippen LogP contribution is 2.27. The van der Waals surface area contributed by atoms with E-state index in [-0.39, 0.29) is 0 Å². The van der Waals surface area contributed by atoms with Crippen LogP contribution >= 0.6 is 39.1 Å². The van der Waals surface area contributed by atoms with Gasteiger partial charge < -0.3 is 10.1 Å². The zero-order chi connectivity index (χ0) is 17.6. The van der Waals surface area contributed by atoms with Crippen LogP contribution in [0.3, 0.4) is 0 Å². The van der Waals surface area contributed by atoms with E-state index in [2.05, 4.69) is 21.2 Å². The van der Waals surface area contributed by atoms with Crippen molar-refractivity contribution in [1.29, 1.82) is 0 Å². The first-order valence-electron chi connectivity index (χ1n) is 7.76. The molecule has 0 radical (unpaired) electrons. The Morgan fingerprint density at radius 1 is 0.920 bits per heavy atom. The van der Waals surface area contributed by atoms with Crippen LogP contribution in [0.2, 0.25) is 10.0 Å². The predicted octanol–water partition coefficient (Wildman–Crippen LogP) is 6.95. The molecular weight excluding hydrogens is 421 g/mol. The Bertz CT molecular complexity index is 853. The summed E-state index contributed by atoms with van der Waals surface area (Å²) < 4.78 is 7.05. The molecule has 0 aliphatic carbocycles. The van der Waals surface area contributed by atoms with Gasteiger partial charge in [0.05, 0.1) is 10.7 Å². The topological polar surface area (TPSA) is 21.3 Å². The zero-order valence-corrected chi connectivity index (χ0v) is 16.4. The monoisotopic (exact) mass is 435 g/mol. The van der Waals surface area contributed by atoms with E-state index in [1.807, 2.05) is 60.7 Å². The second-order valence-electron chi connectivity index (χ2n) is 5.50. The number of nitrogens with one attached hydrogen (secondary N) is 1. The molecule has 0 atom stereocenters. The van der Waals surface area contributed by atoms with Crippen molar-refractivity contribution < 1.29 is 4.74 Å². The Labute approximate surface area is 165 Å². The molecule has 0 amide bonds. The molecule has 0 unspecified atom stereocenters. The Morgan fingerprint density at radius 3 is 2.44 bits per heavy atom. The summed E-state index contributed by atoms with van der Waals surface area (Å²) >= 11 is 15.6. The van der Waals surface area contributed by atoms with Crippen LogP contribution < -0.4 is 10.1 Å². The Kier molecular flexibility index (Phi) is 6.24. The summed E-state index contributed by atoms with van der Waals surface area (Å²) in [5.74, 6) is 0.850. The molecule has 3 aromatic carbocycles. The zero-order valence-electron chi connectivity index (χ0n) is 13.3. The van der Waals surface area contributed by atoms with Crippen molar-refractivity contribution in [1.82, 2.24) is 0 Å². The molecule has 0 aromatic heterocycles. The molecule has 3 aromatic rings. The lowest BCUT2D eigenvalue weighted by molar-refractivity contribution is 0.303. The van der Waals surface area contributed by atoms with Crippen molar-refractivity contribution in [2.24, 2.45) is 0 Å². The van der Waals surface area contributed by atoms with E-state index < -0.39 is 0 Å². The maximum absolute atomic E-state index is 6.21. The van der Waals surface area contributed by atoms with Gasteiger partial charge in [-0.15, -0.1) is 0 Å². The lowest BCUT2D eigenvalue weighted by atomic mass is 10.2. The fraction of sp³-hybridized carbons (Fsp3) is 0.100. The van der Waals surface area contributed by atoms with Crippen molar-refractivity contribution in [3.05, 3.63) is 92.4 Å². The average Bonchev–Trinajstić information content (AvgIpc) is 2.61. The summed E-state index contributed by atoms with van der Waals surface area (Å²) in [6.07, 6.45) is 0. The van der Waals surface area contributed by atoms with Crippen LogP contribution in [0.1, 0.15) is 11.1 Å². The second kappa shape index (κ2) is 8.61. The number of hydrogen-bond acceptors (Lipinski definition) is 2. The third-order valence-corrected chi connectivity index (χ3v) is 4.76. The molecule has 0 bridgehead atoms. The van der Waals surface area contributed by atoms with Crippen molar-refractivity contribution in [2.75, 3.05) is 5.32 Å². The van der Waals surface area contributed by atoms with Gasteiger partial charge in [-0.05, 0) is 42.0 Å². The van der Waals surface area contributed by atoms with Crippen LogP contribution in [0.4, 0.5) is 5.69 Å². The van der Waals surface area contributed by atoms with Crippen molar-refractivity contribution in [3.63, 3.8) is 0 Å². The maximum Gasteiger partial charge on any atom is 0.124 e. The van der Waals surface area contributed by atoms with Crippen molar-refractivity contribution in [2.45, 2.75) is 13.2 Å². The molecule has 0 saturated carbocycles. The van der Waals surface area contributed by atoms with Gasteiger partial charge in [0.2, 0.25) is 0 Å². The summed E-state index contributed by atoms with van der Waals surface area (Å²) in [7, 11) is 0. The number of para-hydroxylation sites is 1. The van der Waals surface area contributed by atoms with Gasteiger partial charge in [0, 0.05) is 21.6 Å². The first kappa shape index (κ1) is 18.1. The van der Waals surface area contributed by atoms with Gasteiger partial charge >= 0.3 is 0 Å². The quantitative estimate of drug-likeness (QED) is 0.451. The van der Waals surface area contributed by atoms with E-state index in [4.69, 9.17) is 27.9 Å². The minimum Gasteiger partial charge on any atom is -0.489 e. The first-order chi connectivity index (χ1) is 12.1. The Balaban J connectivity index is 1.67. The van der Waals surface area contributed by atoms with E-state index >= 15 is 0 Å². The van der Waals surface area contributed by atoms with E-state index in [9.17, 15) is 0 Å². The van der Waals surface area contributed by atoms with Crippen molar-refractivity contribution in [3.8, 4) is 5.75 Å². The fourth-order valence-electron chi connectivity index (χ4n) is 2.36. The minimum absolute atomic E-state index is 0.520. The van der Waals surface area contributed by atoms with Gasteiger partial charge in [-0.1, -0.05) is 69.5 Å². The Morgan fingerprint density at radius 2 is 1.68 bits per heavy atom. The number of rotatable bonds is 6. The molecule has 0 aliphatic rings. The molecule has 0 aliphatic heterocycles. The number of ether oxygens (including phenoxy) is 1. The second-order valence-corrected chi connectivity index (χ2v) is 7.26. The van der Waals surface area contributed by atoms with Crippen molar-refractivity contribution >= 4 is 44.8 Å². The Hall–Kier alpha value is -1.68. The molecule has 2 nitrogen and oxygen atoms in total.